The lowest BCUT2D eigenvalue weighted by molar-refractivity contribution is -0.111. The number of carbonyl (C=O) groups excluding carboxylic acids is 2. The number of nitrogens with zero attached hydrogens (tertiary/aromatic N) is 1. The number of hydrogen-bond acceptors (Lipinski definition) is 4. The van der Waals surface area contributed by atoms with Gasteiger partial charge in [0, 0.05) is 30.6 Å². The van der Waals surface area contributed by atoms with Crippen molar-refractivity contribution in [2.45, 2.75) is 19.5 Å². The molecule has 0 radical (unpaired) electrons. The van der Waals surface area contributed by atoms with Crippen molar-refractivity contribution in [3.63, 3.8) is 0 Å². The van der Waals surface area contributed by atoms with E-state index in [1.807, 2.05) is 48.5 Å². The fourth-order valence-corrected chi connectivity index (χ4v) is 4.97. The quantitative estimate of drug-likeness (QED) is 0.540. The Bertz CT molecular complexity index is 1080. The largest absolute Gasteiger partial charge is 0.365 e. The third-order valence-electron chi connectivity index (χ3n) is 5.09. The highest BCUT2D eigenvalue weighted by Crippen LogP contribution is 2.37. The van der Waals surface area contributed by atoms with Gasteiger partial charge in [-0.05, 0) is 29.2 Å². The van der Waals surface area contributed by atoms with E-state index < -0.39 is 5.91 Å². The molecule has 1 aliphatic rings. The summed E-state index contributed by atoms with van der Waals surface area (Å²) in [5.74, 6) is -0.771. The molecule has 1 aromatic heterocycles. The van der Waals surface area contributed by atoms with Crippen LogP contribution in [0.4, 0.5) is 5.00 Å². The molecule has 0 spiro atoms. The van der Waals surface area contributed by atoms with Gasteiger partial charge in [0.2, 0.25) is 5.91 Å². The van der Waals surface area contributed by atoms with E-state index in [0.717, 1.165) is 42.1 Å². The first-order chi connectivity index (χ1) is 14.6. The van der Waals surface area contributed by atoms with Crippen LogP contribution >= 0.6 is 23.7 Å². The number of thiophene rings is 1. The Hall–Kier alpha value is -2.93. The summed E-state index contributed by atoms with van der Waals surface area (Å²) in [5.41, 5.74) is 9.28. The van der Waals surface area contributed by atoms with Crippen LogP contribution in [0.3, 0.4) is 0 Å². The second-order valence-corrected chi connectivity index (χ2v) is 8.36. The predicted molar refractivity (Wildman–Crippen MR) is 128 cm³/mol. The molecule has 31 heavy (non-hydrogen) atoms. The van der Waals surface area contributed by atoms with E-state index in [9.17, 15) is 9.59 Å². The molecular formula is C24H24ClN3O2S. The number of fused-ring (bicyclic) bond motifs is 1. The summed E-state index contributed by atoms with van der Waals surface area (Å²) in [6.07, 6.45) is 3.96. The lowest BCUT2D eigenvalue weighted by Gasteiger charge is -2.27. The molecule has 2 aromatic carbocycles. The molecule has 160 valence electrons. The van der Waals surface area contributed by atoms with Gasteiger partial charge in [-0.2, -0.15) is 0 Å². The van der Waals surface area contributed by atoms with Crippen molar-refractivity contribution in [1.82, 2.24) is 4.90 Å². The van der Waals surface area contributed by atoms with Crippen molar-refractivity contribution in [2.24, 2.45) is 5.73 Å². The molecule has 0 saturated heterocycles. The van der Waals surface area contributed by atoms with E-state index in [2.05, 4.69) is 22.3 Å². The summed E-state index contributed by atoms with van der Waals surface area (Å²) in [6.45, 7) is 2.44. The monoisotopic (exact) mass is 453 g/mol. The van der Waals surface area contributed by atoms with Crippen LogP contribution in [-0.4, -0.2) is 23.3 Å². The Morgan fingerprint density at radius 1 is 1.06 bits per heavy atom. The van der Waals surface area contributed by atoms with Crippen molar-refractivity contribution >= 4 is 46.6 Å². The summed E-state index contributed by atoms with van der Waals surface area (Å²) in [4.78, 5) is 28.0. The zero-order valence-corrected chi connectivity index (χ0v) is 18.5. The third-order valence-corrected chi connectivity index (χ3v) is 6.23. The number of primary amides is 1. The molecule has 3 aromatic rings. The Labute approximate surface area is 192 Å². The summed E-state index contributed by atoms with van der Waals surface area (Å²) in [5, 5.41) is 3.40. The van der Waals surface area contributed by atoms with Crippen LogP contribution in [0.2, 0.25) is 0 Å². The Kier molecular flexibility index (Phi) is 7.63. The van der Waals surface area contributed by atoms with Crippen LogP contribution in [0.5, 0.6) is 0 Å². The second kappa shape index (κ2) is 10.4. The number of nitrogens with one attached hydrogen (secondary N) is 1. The van der Waals surface area contributed by atoms with Crippen LogP contribution in [0.15, 0.2) is 66.7 Å². The van der Waals surface area contributed by atoms with E-state index in [-0.39, 0.29) is 18.3 Å². The fraction of sp³-hybridized carbons (Fsp3) is 0.167. The number of halogens is 1. The van der Waals surface area contributed by atoms with Gasteiger partial charge in [0.05, 0.1) is 5.56 Å². The second-order valence-electron chi connectivity index (χ2n) is 7.25. The first kappa shape index (κ1) is 22.7. The van der Waals surface area contributed by atoms with E-state index in [4.69, 9.17) is 5.73 Å². The number of benzene rings is 2. The predicted octanol–water partition coefficient (Wildman–Crippen LogP) is 4.48. The van der Waals surface area contributed by atoms with Gasteiger partial charge in [0.1, 0.15) is 5.00 Å². The van der Waals surface area contributed by atoms with Gasteiger partial charge < -0.3 is 11.1 Å². The molecule has 2 amide bonds. The van der Waals surface area contributed by atoms with Gasteiger partial charge in [0.15, 0.2) is 0 Å². The summed E-state index contributed by atoms with van der Waals surface area (Å²) in [6, 6.07) is 19.9. The van der Waals surface area contributed by atoms with Gasteiger partial charge in [0.25, 0.3) is 5.91 Å². The number of nitrogens with two attached hydrogens (primary N) is 1. The molecule has 4 rings (SSSR count). The molecule has 0 atom stereocenters. The molecule has 0 bridgehead atoms. The highest BCUT2D eigenvalue weighted by Gasteiger charge is 2.27. The average Bonchev–Trinajstić information content (AvgIpc) is 3.11. The summed E-state index contributed by atoms with van der Waals surface area (Å²) in [7, 11) is 0. The number of hydrogen-bond donors (Lipinski definition) is 2. The minimum absolute atomic E-state index is 0. The molecule has 2 heterocycles. The molecule has 3 N–H and O–H groups in total. The van der Waals surface area contributed by atoms with Gasteiger partial charge in [-0.15, -0.1) is 23.7 Å². The standard InChI is InChI=1S/C24H23N3O2S.ClH/c25-23(29)22-19-13-14-27(15-18-9-5-2-6-10-18)16-20(19)30-24(22)26-21(28)12-11-17-7-3-1-4-8-17;/h1-12H,13-16H2,(H2,25,29)(H,26,28);1H/b12-11-;. The molecule has 5 nitrogen and oxygen atoms in total. The minimum Gasteiger partial charge on any atom is -0.365 e. The molecular weight excluding hydrogens is 430 g/mol. The van der Waals surface area contributed by atoms with Gasteiger partial charge in [-0.3, -0.25) is 14.5 Å². The Morgan fingerprint density at radius 2 is 1.74 bits per heavy atom. The highest BCUT2D eigenvalue weighted by atomic mass is 35.5. The van der Waals surface area contributed by atoms with Crippen molar-refractivity contribution in [2.75, 3.05) is 11.9 Å². The summed E-state index contributed by atoms with van der Waals surface area (Å²) < 4.78 is 0. The third kappa shape index (κ3) is 5.61. The minimum atomic E-state index is -0.494. The van der Waals surface area contributed by atoms with E-state index in [0.29, 0.717) is 10.6 Å². The lowest BCUT2D eigenvalue weighted by Crippen LogP contribution is -2.30. The maximum Gasteiger partial charge on any atom is 0.251 e. The summed E-state index contributed by atoms with van der Waals surface area (Å²) >= 11 is 1.45. The van der Waals surface area contributed by atoms with E-state index >= 15 is 0 Å². The van der Waals surface area contributed by atoms with Gasteiger partial charge in [-0.25, -0.2) is 0 Å². The molecule has 0 fully saturated rings. The fourth-order valence-electron chi connectivity index (χ4n) is 3.67. The van der Waals surface area contributed by atoms with E-state index in [1.54, 1.807) is 6.08 Å². The molecule has 0 saturated carbocycles. The van der Waals surface area contributed by atoms with Crippen molar-refractivity contribution < 1.29 is 9.59 Å². The van der Waals surface area contributed by atoms with E-state index in [1.165, 1.54) is 23.0 Å². The number of anilines is 1. The van der Waals surface area contributed by atoms with Crippen molar-refractivity contribution in [3.8, 4) is 0 Å². The molecule has 7 heteroatoms. The zero-order chi connectivity index (χ0) is 20.9. The van der Waals surface area contributed by atoms with Crippen LogP contribution in [0.25, 0.3) is 6.08 Å². The number of carbonyl (C=O) groups is 2. The van der Waals surface area contributed by atoms with Crippen molar-refractivity contribution in [3.05, 3.63) is 93.9 Å². The van der Waals surface area contributed by atoms with Crippen LogP contribution < -0.4 is 11.1 Å². The average molecular weight is 454 g/mol. The van der Waals surface area contributed by atoms with Gasteiger partial charge in [-0.1, -0.05) is 60.7 Å². The van der Waals surface area contributed by atoms with Crippen LogP contribution in [0, 0.1) is 0 Å². The highest BCUT2D eigenvalue weighted by molar-refractivity contribution is 7.17. The number of rotatable bonds is 6. The van der Waals surface area contributed by atoms with Crippen molar-refractivity contribution in [1.29, 1.82) is 0 Å². The maximum atomic E-state index is 12.4. The topological polar surface area (TPSA) is 75.4 Å². The smallest absolute Gasteiger partial charge is 0.251 e. The molecule has 0 aliphatic carbocycles. The number of amides is 2. The Morgan fingerprint density at radius 3 is 2.42 bits per heavy atom. The normalized spacial score (nSPS) is 13.4. The van der Waals surface area contributed by atoms with Crippen LogP contribution in [0.1, 0.15) is 31.9 Å². The van der Waals surface area contributed by atoms with Gasteiger partial charge >= 0.3 is 0 Å². The first-order valence-corrected chi connectivity index (χ1v) is 10.7. The molecule has 0 unspecified atom stereocenters. The molecule has 1 aliphatic heterocycles. The maximum absolute atomic E-state index is 12.4. The SMILES string of the molecule is Cl.NC(=O)c1c(NC(=O)/C=C\c2ccccc2)sc2c1CCN(Cc1ccccc1)C2. The van der Waals surface area contributed by atoms with Crippen LogP contribution in [-0.2, 0) is 24.3 Å². The first-order valence-electron chi connectivity index (χ1n) is 9.85. The Balaban J connectivity index is 0.00000272. The lowest BCUT2D eigenvalue weighted by atomic mass is 10.0. The zero-order valence-electron chi connectivity index (χ0n) is 16.9.